The van der Waals surface area contributed by atoms with E-state index in [-0.39, 0.29) is 30.2 Å². The Morgan fingerprint density at radius 2 is 2.00 bits per heavy atom. The van der Waals surface area contributed by atoms with Gasteiger partial charge in [-0.2, -0.15) is 0 Å². The highest BCUT2D eigenvalue weighted by molar-refractivity contribution is 5.85. The molecule has 1 fully saturated rings. The summed E-state index contributed by atoms with van der Waals surface area (Å²) in [6.45, 7) is 0.474. The van der Waals surface area contributed by atoms with E-state index in [1.807, 2.05) is 0 Å². The van der Waals surface area contributed by atoms with Gasteiger partial charge in [0, 0.05) is 19.0 Å². The molecule has 2 rings (SSSR count). The van der Waals surface area contributed by atoms with Gasteiger partial charge >= 0.3 is 0 Å². The highest BCUT2D eigenvalue weighted by Crippen LogP contribution is 2.25. The molecule has 21 heavy (non-hydrogen) atoms. The lowest BCUT2D eigenvalue weighted by molar-refractivity contribution is -0.122. The molecule has 1 saturated carbocycles. The zero-order valence-electron chi connectivity index (χ0n) is 12.2. The van der Waals surface area contributed by atoms with E-state index in [0.29, 0.717) is 30.9 Å². The summed E-state index contributed by atoms with van der Waals surface area (Å²) < 4.78 is 13.4. The Balaban J connectivity index is 0.00000220. The molecule has 2 atom stereocenters. The molecule has 118 valence electrons. The van der Waals surface area contributed by atoms with Crippen LogP contribution in [0.15, 0.2) is 24.3 Å². The van der Waals surface area contributed by atoms with Crippen molar-refractivity contribution >= 4 is 18.3 Å². The maximum Gasteiger partial charge on any atom is 0.220 e. The minimum absolute atomic E-state index is 0. The molecule has 1 aromatic carbocycles. The van der Waals surface area contributed by atoms with Crippen LogP contribution in [-0.4, -0.2) is 18.5 Å². The molecular formula is C16H24ClFN2O. The van der Waals surface area contributed by atoms with Gasteiger partial charge in [-0.15, -0.1) is 12.4 Å². The minimum atomic E-state index is -0.212. The predicted molar refractivity (Wildman–Crippen MR) is 84.9 cm³/mol. The molecule has 0 aromatic heterocycles. The predicted octanol–water partition coefficient (Wildman–Crippen LogP) is 2.81. The summed E-state index contributed by atoms with van der Waals surface area (Å²) in [6.07, 6.45) is 5.43. The van der Waals surface area contributed by atoms with Gasteiger partial charge in [0.05, 0.1) is 0 Å². The van der Waals surface area contributed by atoms with Crippen LogP contribution in [0.5, 0.6) is 0 Å². The first kappa shape index (κ1) is 17.9. The molecule has 0 saturated heterocycles. The third-order valence-corrected chi connectivity index (χ3v) is 4.09. The van der Waals surface area contributed by atoms with E-state index in [1.165, 1.54) is 18.9 Å². The first-order valence-electron chi connectivity index (χ1n) is 7.42. The van der Waals surface area contributed by atoms with E-state index in [4.69, 9.17) is 5.73 Å². The Bertz CT molecular complexity index is 456. The first-order valence-corrected chi connectivity index (χ1v) is 7.42. The van der Waals surface area contributed by atoms with Crippen LogP contribution in [-0.2, 0) is 11.2 Å². The lowest BCUT2D eigenvalue weighted by Gasteiger charge is -2.27. The van der Waals surface area contributed by atoms with E-state index in [0.717, 1.165) is 12.8 Å². The standard InChI is InChI=1S/C16H23FN2O.ClH/c17-14-7-3-1-5-12(14)9-10-19-16(20)11-13-6-2-4-8-15(13)18;/h1,3,5,7,13,15H,2,4,6,8-11,18H2,(H,19,20);1H. The Morgan fingerprint density at radius 1 is 1.29 bits per heavy atom. The summed E-state index contributed by atoms with van der Waals surface area (Å²) >= 11 is 0. The average molecular weight is 315 g/mol. The Morgan fingerprint density at radius 3 is 2.71 bits per heavy atom. The molecule has 3 nitrogen and oxygen atoms in total. The molecule has 5 heteroatoms. The van der Waals surface area contributed by atoms with Gasteiger partial charge in [-0.05, 0) is 36.8 Å². The second kappa shape index (κ2) is 9.00. The van der Waals surface area contributed by atoms with E-state index in [1.54, 1.807) is 18.2 Å². The van der Waals surface area contributed by atoms with Gasteiger partial charge in [-0.3, -0.25) is 4.79 Å². The molecule has 0 bridgehead atoms. The monoisotopic (exact) mass is 314 g/mol. The third-order valence-electron chi connectivity index (χ3n) is 4.09. The number of halogens is 2. The number of carbonyl (C=O) groups excluding carboxylic acids is 1. The molecular weight excluding hydrogens is 291 g/mol. The maximum atomic E-state index is 13.4. The number of nitrogens with one attached hydrogen (secondary N) is 1. The maximum absolute atomic E-state index is 13.4. The molecule has 0 heterocycles. The second-order valence-corrected chi connectivity index (χ2v) is 5.60. The number of rotatable bonds is 5. The van der Waals surface area contributed by atoms with Gasteiger partial charge in [-0.1, -0.05) is 31.0 Å². The van der Waals surface area contributed by atoms with Crippen molar-refractivity contribution in [3.05, 3.63) is 35.6 Å². The Labute approximate surface area is 131 Å². The summed E-state index contributed by atoms with van der Waals surface area (Å²) in [4.78, 5) is 11.9. The number of hydrogen-bond donors (Lipinski definition) is 2. The van der Waals surface area contributed by atoms with Crippen molar-refractivity contribution in [3.8, 4) is 0 Å². The molecule has 1 amide bonds. The number of carbonyl (C=O) groups is 1. The van der Waals surface area contributed by atoms with Crippen molar-refractivity contribution in [3.63, 3.8) is 0 Å². The van der Waals surface area contributed by atoms with Gasteiger partial charge < -0.3 is 11.1 Å². The summed E-state index contributed by atoms with van der Waals surface area (Å²) in [6, 6.07) is 6.82. The number of hydrogen-bond acceptors (Lipinski definition) is 2. The zero-order chi connectivity index (χ0) is 14.4. The second-order valence-electron chi connectivity index (χ2n) is 5.60. The first-order chi connectivity index (χ1) is 9.66. The summed E-state index contributed by atoms with van der Waals surface area (Å²) in [5.41, 5.74) is 6.68. The smallest absolute Gasteiger partial charge is 0.220 e. The van der Waals surface area contributed by atoms with Crippen molar-refractivity contribution in [1.29, 1.82) is 0 Å². The van der Waals surface area contributed by atoms with Gasteiger partial charge in [-0.25, -0.2) is 4.39 Å². The SMILES string of the molecule is Cl.NC1CCCCC1CC(=O)NCCc1ccccc1F. The quantitative estimate of drug-likeness (QED) is 0.878. The molecule has 1 aliphatic carbocycles. The van der Waals surface area contributed by atoms with Crippen LogP contribution in [0.25, 0.3) is 0 Å². The fourth-order valence-corrected chi connectivity index (χ4v) is 2.84. The molecule has 2 unspecified atom stereocenters. The van der Waals surface area contributed by atoms with Crippen molar-refractivity contribution in [2.24, 2.45) is 11.7 Å². The topological polar surface area (TPSA) is 55.1 Å². The summed E-state index contributed by atoms with van der Waals surface area (Å²) in [5.74, 6) is 0.122. The highest BCUT2D eigenvalue weighted by atomic mass is 35.5. The number of benzene rings is 1. The lowest BCUT2D eigenvalue weighted by atomic mass is 9.83. The molecule has 0 radical (unpaired) electrons. The van der Waals surface area contributed by atoms with Crippen LogP contribution < -0.4 is 11.1 Å². The molecule has 1 aromatic rings. The molecule has 1 aliphatic rings. The van der Waals surface area contributed by atoms with E-state index >= 15 is 0 Å². The molecule has 0 aliphatic heterocycles. The highest BCUT2D eigenvalue weighted by Gasteiger charge is 2.23. The van der Waals surface area contributed by atoms with Crippen LogP contribution in [0.3, 0.4) is 0 Å². The van der Waals surface area contributed by atoms with Crippen LogP contribution in [0.2, 0.25) is 0 Å². The third kappa shape index (κ3) is 5.64. The van der Waals surface area contributed by atoms with Crippen LogP contribution in [0, 0.1) is 11.7 Å². The van der Waals surface area contributed by atoms with Gasteiger partial charge in [0.2, 0.25) is 5.91 Å². The average Bonchev–Trinajstić information content (AvgIpc) is 2.43. The van der Waals surface area contributed by atoms with Crippen LogP contribution in [0.1, 0.15) is 37.7 Å². The Kier molecular flexibility index (Phi) is 7.68. The normalized spacial score (nSPS) is 21.4. The molecule has 0 spiro atoms. The lowest BCUT2D eigenvalue weighted by Crippen LogP contribution is -2.37. The summed E-state index contributed by atoms with van der Waals surface area (Å²) in [5, 5.41) is 2.87. The number of nitrogens with two attached hydrogens (primary N) is 1. The van der Waals surface area contributed by atoms with E-state index in [9.17, 15) is 9.18 Å². The largest absolute Gasteiger partial charge is 0.356 e. The summed E-state index contributed by atoms with van der Waals surface area (Å²) in [7, 11) is 0. The Hall–Kier alpha value is -1.13. The van der Waals surface area contributed by atoms with Crippen molar-refractivity contribution in [2.45, 2.75) is 44.6 Å². The minimum Gasteiger partial charge on any atom is -0.356 e. The van der Waals surface area contributed by atoms with Crippen molar-refractivity contribution in [2.75, 3.05) is 6.54 Å². The van der Waals surface area contributed by atoms with Crippen molar-refractivity contribution < 1.29 is 9.18 Å². The van der Waals surface area contributed by atoms with Crippen LogP contribution in [0.4, 0.5) is 4.39 Å². The zero-order valence-corrected chi connectivity index (χ0v) is 13.0. The van der Waals surface area contributed by atoms with E-state index < -0.39 is 0 Å². The van der Waals surface area contributed by atoms with Crippen LogP contribution >= 0.6 is 12.4 Å². The number of amides is 1. The fraction of sp³-hybridized carbons (Fsp3) is 0.562. The fourth-order valence-electron chi connectivity index (χ4n) is 2.84. The molecule has 3 N–H and O–H groups in total. The van der Waals surface area contributed by atoms with Crippen molar-refractivity contribution in [1.82, 2.24) is 5.32 Å². The van der Waals surface area contributed by atoms with Gasteiger partial charge in [0.15, 0.2) is 0 Å². The van der Waals surface area contributed by atoms with Gasteiger partial charge in [0.25, 0.3) is 0 Å². The van der Waals surface area contributed by atoms with E-state index in [2.05, 4.69) is 5.32 Å². The van der Waals surface area contributed by atoms with Gasteiger partial charge in [0.1, 0.15) is 5.82 Å².